The van der Waals surface area contributed by atoms with E-state index in [9.17, 15) is 13.6 Å². The first kappa shape index (κ1) is 23.9. The van der Waals surface area contributed by atoms with E-state index < -0.39 is 11.6 Å². The summed E-state index contributed by atoms with van der Waals surface area (Å²) in [6.45, 7) is 13.0. The van der Waals surface area contributed by atoms with E-state index in [1.54, 1.807) is 0 Å². The number of likely N-dealkylation sites (tertiary alicyclic amines) is 1. The van der Waals surface area contributed by atoms with E-state index in [0.29, 0.717) is 23.7 Å². The molecule has 3 rings (SSSR count). The zero-order valence-electron chi connectivity index (χ0n) is 17.6. The highest BCUT2D eigenvalue weighted by atomic mass is 19.1. The van der Waals surface area contributed by atoms with Gasteiger partial charge < -0.3 is 15.0 Å². The second kappa shape index (κ2) is 10.4. The van der Waals surface area contributed by atoms with Crippen LogP contribution in [0.4, 0.5) is 14.5 Å². The van der Waals surface area contributed by atoms with Crippen molar-refractivity contribution in [2.24, 2.45) is 23.2 Å². The third-order valence-electron chi connectivity index (χ3n) is 4.93. The second-order valence-electron chi connectivity index (χ2n) is 8.37. The predicted octanol–water partition coefficient (Wildman–Crippen LogP) is 3.94. The van der Waals surface area contributed by atoms with Gasteiger partial charge in [-0.1, -0.05) is 34.6 Å². The van der Waals surface area contributed by atoms with Gasteiger partial charge in [-0.25, -0.2) is 8.78 Å². The molecule has 1 saturated carbocycles. The first-order valence-corrected chi connectivity index (χ1v) is 9.47. The van der Waals surface area contributed by atoms with Crippen LogP contribution in [0.25, 0.3) is 0 Å². The molecule has 158 valence electrons. The molecule has 2 atom stereocenters. The number of carbonyl (C=O) groups excluding carboxylic acids is 2. The minimum absolute atomic E-state index is 0.0308. The summed E-state index contributed by atoms with van der Waals surface area (Å²) in [4.78, 5) is 22.8. The first-order chi connectivity index (χ1) is 13.0. The quantitative estimate of drug-likeness (QED) is 0.781. The first-order valence-electron chi connectivity index (χ1n) is 9.47. The average Bonchev–Trinajstić information content (AvgIpc) is 2.98. The van der Waals surface area contributed by atoms with E-state index in [2.05, 4.69) is 44.7 Å². The maximum atomic E-state index is 13.4. The molecule has 1 N–H and O–H groups in total. The number of halogens is 2. The fourth-order valence-corrected chi connectivity index (χ4v) is 3.25. The largest absolute Gasteiger partial charge is 0.471 e. The summed E-state index contributed by atoms with van der Waals surface area (Å²) in [6, 6.07) is 3.28. The third-order valence-corrected chi connectivity index (χ3v) is 4.93. The molecule has 0 bridgehead atoms. The highest BCUT2D eigenvalue weighted by Crippen LogP contribution is 2.61. The van der Waals surface area contributed by atoms with Crippen LogP contribution in [0.1, 0.15) is 34.6 Å². The summed E-state index contributed by atoms with van der Waals surface area (Å²) in [6.07, 6.45) is 0. The lowest BCUT2D eigenvalue weighted by molar-refractivity contribution is -0.129. The van der Waals surface area contributed by atoms with Crippen molar-refractivity contribution in [3.8, 4) is 0 Å². The predicted molar refractivity (Wildman–Crippen MR) is 106 cm³/mol. The van der Waals surface area contributed by atoms with Crippen molar-refractivity contribution in [2.75, 3.05) is 32.1 Å². The van der Waals surface area contributed by atoms with Gasteiger partial charge in [-0.15, -0.1) is 0 Å². The van der Waals surface area contributed by atoms with Gasteiger partial charge in [0.25, 0.3) is 6.47 Å². The Morgan fingerprint density at radius 2 is 1.79 bits per heavy atom. The van der Waals surface area contributed by atoms with Crippen molar-refractivity contribution in [2.45, 2.75) is 34.6 Å². The van der Waals surface area contributed by atoms with Gasteiger partial charge in [-0.05, 0) is 35.3 Å². The summed E-state index contributed by atoms with van der Waals surface area (Å²) in [5, 5.41) is 2.73. The molecule has 0 aromatic heterocycles. The third kappa shape index (κ3) is 6.77. The number of piperidine rings is 1. The molecule has 7 heteroatoms. The number of carbonyl (C=O) groups is 2. The number of methoxy groups -OCH3 is 1. The molecule has 1 aromatic carbocycles. The van der Waals surface area contributed by atoms with Crippen molar-refractivity contribution in [3.63, 3.8) is 0 Å². The smallest absolute Gasteiger partial charge is 0.292 e. The van der Waals surface area contributed by atoms with Gasteiger partial charge in [0.15, 0.2) is 0 Å². The molecule has 1 amide bonds. The molecule has 2 aliphatic rings. The Bertz CT molecular complexity index is 648. The molecule has 2 unspecified atom stereocenters. The normalized spacial score (nSPS) is 20.8. The number of hydrogen-bond acceptors (Lipinski definition) is 4. The Morgan fingerprint density at radius 1 is 1.29 bits per heavy atom. The number of hydrogen-bond donors (Lipinski definition) is 1. The SMILES string of the molecule is CC(C)C.CC1(C)C2CN(C(=O)CNc3ccc(F)cc3F)CC21.COC=O. The van der Waals surface area contributed by atoms with Gasteiger partial charge in [0.05, 0.1) is 19.3 Å². The van der Waals surface area contributed by atoms with E-state index >= 15 is 0 Å². The number of anilines is 1. The fraction of sp³-hybridized carbons (Fsp3) is 0.619. The minimum atomic E-state index is -0.678. The lowest BCUT2D eigenvalue weighted by Crippen LogP contribution is -2.36. The molecule has 1 saturated heterocycles. The average molecular weight is 398 g/mol. The topological polar surface area (TPSA) is 58.6 Å². The van der Waals surface area contributed by atoms with E-state index in [4.69, 9.17) is 4.79 Å². The summed E-state index contributed by atoms with van der Waals surface area (Å²) >= 11 is 0. The lowest BCUT2D eigenvalue weighted by atomic mass is 10.1. The highest BCUT2D eigenvalue weighted by Gasteiger charge is 2.62. The lowest BCUT2D eigenvalue weighted by Gasteiger charge is -2.22. The molecule has 28 heavy (non-hydrogen) atoms. The van der Waals surface area contributed by atoms with Crippen LogP contribution in [0.2, 0.25) is 0 Å². The molecule has 5 nitrogen and oxygen atoms in total. The van der Waals surface area contributed by atoms with Gasteiger partial charge in [-0.3, -0.25) is 9.59 Å². The standard InChI is InChI=1S/C15H18F2N2O.C4H10.C2H4O2/c1-15(2)10-7-19(8-11(10)15)14(20)6-18-13-4-3-9(16)5-12(13)17;1-4(2)3;1-4-2-3/h3-5,10-11,18H,6-8H2,1-2H3;4H,1-3H3;2H,1H3. The number of fused-ring (bicyclic) bond motifs is 1. The Labute approximate surface area is 166 Å². The molecule has 1 aromatic rings. The van der Waals surface area contributed by atoms with Crippen LogP contribution in [-0.4, -0.2) is 44.0 Å². The van der Waals surface area contributed by atoms with Crippen LogP contribution < -0.4 is 5.32 Å². The molecular formula is C21H32F2N2O3. The summed E-state index contributed by atoms with van der Waals surface area (Å²) in [7, 11) is 1.31. The number of benzene rings is 1. The second-order valence-corrected chi connectivity index (χ2v) is 8.37. The molecule has 0 radical (unpaired) electrons. The van der Waals surface area contributed by atoms with Gasteiger partial charge in [0.1, 0.15) is 11.6 Å². The Balaban J connectivity index is 0.000000420. The molecule has 1 heterocycles. The van der Waals surface area contributed by atoms with Gasteiger partial charge in [-0.2, -0.15) is 0 Å². The van der Waals surface area contributed by atoms with Crippen LogP contribution in [0.3, 0.4) is 0 Å². The number of nitrogens with one attached hydrogen (secondary N) is 1. The Kier molecular flexibility index (Phi) is 8.85. The van der Waals surface area contributed by atoms with E-state index in [-0.39, 0.29) is 18.1 Å². The fourth-order valence-electron chi connectivity index (χ4n) is 3.25. The molecule has 1 aliphatic heterocycles. The van der Waals surface area contributed by atoms with Crippen LogP contribution in [0.5, 0.6) is 0 Å². The van der Waals surface area contributed by atoms with E-state index in [1.165, 1.54) is 19.2 Å². The van der Waals surface area contributed by atoms with Crippen LogP contribution in [0, 0.1) is 34.8 Å². The zero-order chi connectivity index (χ0) is 21.5. The van der Waals surface area contributed by atoms with Crippen molar-refractivity contribution >= 4 is 18.1 Å². The van der Waals surface area contributed by atoms with Crippen LogP contribution in [-0.2, 0) is 14.3 Å². The number of nitrogens with zero attached hydrogens (tertiary/aromatic N) is 1. The summed E-state index contributed by atoms with van der Waals surface area (Å²) in [5.41, 5.74) is 0.525. The Hall–Kier alpha value is -2.18. The van der Waals surface area contributed by atoms with Crippen LogP contribution >= 0.6 is 0 Å². The van der Waals surface area contributed by atoms with Crippen molar-refractivity contribution in [1.82, 2.24) is 4.90 Å². The molecule has 2 fully saturated rings. The van der Waals surface area contributed by atoms with Crippen molar-refractivity contribution in [3.05, 3.63) is 29.8 Å². The van der Waals surface area contributed by atoms with Crippen LogP contribution in [0.15, 0.2) is 18.2 Å². The zero-order valence-corrected chi connectivity index (χ0v) is 17.6. The van der Waals surface area contributed by atoms with Crippen molar-refractivity contribution < 1.29 is 23.1 Å². The molecule has 0 spiro atoms. The Morgan fingerprint density at radius 3 is 2.21 bits per heavy atom. The maximum absolute atomic E-state index is 13.4. The maximum Gasteiger partial charge on any atom is 0.292 e. The van der Waals surface area contributed by atoms with Gasteiger partial charge in [0.2, 0.25) is 5.91 Å². The summed E-state index contributed by atoms with van der Waals surface area (Å²) in [5.74, 6) is 0.712. The molecular weight excluding hydrogens is 366 g/mol. The van der Waals surface area contributed by atoms with Gasteiger partial charge in [0, 0.05) is 19.2 Å². The van der Waals surface area contributed by atoms with E-state index in [0.717, 1.165) is 25.1 Å². The van der Waals surface area contributed by atoms with Crippen molar-refractivity contribution in [1.29, 1.82) is 0 Å². The number of amides is 1. The van der Waals surface area contributed by atoms with E-state index in [1.807, 2.05) is 4.90 Å². The summed E-state index contributed by atoms with van der Waals surface area (Å²) < 4.78 is 30.1. The monoisotopic (exact) mass is 398 g/mol. The number of ether oxygens (including phenoxy) is 1. The van der Waals surface area contributed by atoms with Gasteiger partial charge >= 0.3 is 0 Å². The molecule has 1 aliphatic carbocycles. The minimum Gasteiger partial charge on any atom is -0.471 e. The number of rotatable bonds is 4. The highest BCUT2D eigenvalue weighted by molar-refractivity contribution is 5.81.